The van der Waals surface area contributed by atoms with E-state index in [1.807, 2.05) is 36.2 Å². The predicted octanol–water partition coefficient (Wildman–Crippen LogP) is 4.04. The van der Waals surface area contributed by atoms with Crippen molar-refractivity contribution in [2.75, 3.05) is 11.9 Å². The van der Waals surface area contributed by atoms with Crippen LogP contribution in [-0.2, 0) is 6.54 Å². The molecule has 7 heteroatoms. The fourth-order valence-corrected chi connectivity index (χ4v) is 2.18. The molecule has 104 valence electrons. The Hall–Kier alpha value is -1.66. The van der Waals surface area contributed by atoms with Crippen molar-refractivity contribution in [1.29, 1.82) is 0 Å². The number of anilines is 1. The van der Waals surface area contributed by atoms with Gasteiger partial charge in [0.1, 0.15) is 11.0 Å². The first kappa shape index (κ1) is 14.7. The third-order valence-electron chi connectivity index (χ3n) is 2.70. The van der Waals surface area contributed by atoms with Crippen molar-refractivity contribution >= 4 is 39.0 Å². The van der Waals surface area contributed by atoms with Gasteiger partial charge in [-0.1, -0.05) is 39.7 Å². The number of hydrogen-bond acceptors (Lipinski definition) is 4. The molecule has 0 bridgehead atoms. The zero-order valence-electron chi connectivity index (χ0n) is 10.6. The van der Waals surface area contributed by atoms with Crippen LogP contribution in [0.1, 0.15) is 5.56 Å². The van der Waals surface area contributed by atoms with Gasteiger partial charge >= 0.3 is 0 Å². The Labute approximate surface area is 129 Å². The second kappa shape index (κ2) is 6.19. The van der Waals surface area contributed by atoms with Crippen molar-refractivity contribution in [2.24, 2.45) is 0 Å². The molecule has 0 aliphatic rings. The molecule has 2 aromatic rings. The fourth-order valence-electron chi connectivity index (χ4n) is 1.72. The van der Waals surface area contributed by atoms with E-state index in [2.05, 4.69) is 20.9 Å². The van der Waals surface area contributed by atoms with Crippen LogP contribution in [0.15, 0.2) is 40.9 Å². The smallest absolute Gasteiger partial charge is 0.276 e. The van der Waals surface area contributed by atoms with Crippen molar-refractivity contribution < 1.29 is 4.92 Å². The van der Waals surface area contributed by atoms with E-state index >= 15 is 0 Å². The van der Waals surface area contributed by atoms with E-state index in [0.29, 0.717) is 12.4 Å². The molecule has 0 aliphatic carbocycles. The number of halogens is 2. The largest absolute Gasteiger partial charge is 0.355 e. The highest BCUT2D eigenvalue weighted by atomic mass is 79.9. The molecule has 0 unspecified atom stereocenters. The maximum atomic E-state index is 10.8. The molecule has 0 atom stereocenters. The first-order valence-electron chi connectivity index (χ1n) is 5.73. The second-order valence-corrected chi connectivity index (χ2v) is 5.55. The van der Waals surface area contributed by atoms with Crippen molar-refractivity contribution in [3.63, 3.8) is 0 Å². The minimum absolute atomic E-state index is 0.0670. The molecule has 0 aliphatic heterocycles. The number of benzene rings is 1. The Kier molecular flexibility index (Phi) is 4.57. The first-order valence-corrected chi connectivity index (χ1v) is 6.90. The van der Waals surface area contributed by atoms with E-state index in [4.69, 9.17) is 11.6 Å². The van der Waals surface area contributed by atoms with Crippen molar-refractivity contribution in [3.8, 4) is 0 Å². The maximum Gasteiger partial charge on any atom is 0.276 e. The first-order chi connectivity index (χ1) is 9.45. The molecule has 0 radical (unpaired) electrons. The Morgan fingerprint density at radius 3 is 2.60 bits per heavy atom. The zero-order valence-corrected chi connectivity index (χ0v) is 12.9. The highest BCUT2D eigenvalue weighted by Gasteiger charge is 2.13. The Morgan fingerprint density at radius 2 is 2.00 bits per heavy atom. The van der Waals surface area contributed by atoms with Gasteiger partial charge in [-0.3, -0.25) is 10.1 Å². The van der Waals surface area contributed by atoms with Crippen LogP contribution >= 0.6 is 27.5 Å². The third kappa shape index (κ3) is 3.68. The molecule has 20 heavy (non-hydrogen) atoms. The van der Waals surface area contributed by atoms with Crippen molar-refractivity contribution in [2.45, 2.75) is 6.54 Å². The number of pyridine rings is 1. The Balaban J connectivity index is 2.22. The van der Waals surface area contributed by atoms with Gasteiger partial charge < -0.3 is 4.90 Å². The lowest BCUT2D eigenvalue weighted by atomic mass is 10.2. The summed E-state index contributed by atoms with van der Waals surface area (Å²) in [5.74, 6) is 0.465. The van der Waals surface area contributed by atoms with E-state index in [9.17, 15) is 10.1 Å². The summed E-state index contributed by atoms with van der Waals surface area (Å²) in [6.07, 6.45) is 0. The summed E-state index contributed by atoms with van der Waals surface area (Å²) in [5.41, 5.74) is 1.00. The number of nitro groups is 1. The molecule has 0 spiro atoms. The molecule has 0 saturated carbocycles. The van der Waals surface area contributed by atoms with Crippen LogP contribution in [0, 0.1) is 10.1 Å². The van der Waals surface area contributed by atoms with Gasteiger partial charge in [-0.05, 0) is 17.7 Å². The minimum atomic E-state index is -0.482. The van der Waals surface area contributed by atoms with Gasteiger partial charge in [-0.15, -0.1) is 0 Å². The maximum absolute atomic E-state index is 10.8. The molecule has 0 fully saturated rings. The van der Waals surface area contributed by atoms with E-state index < -0.39 is 4.92 Å². The number of rotatable bonds is 4. The quantitative estimate of drug-likeness (QED) is 0.471. The highest BCUT2D eigenvalue weighted by molar-refractivity contribution is 9.10. The summed E-state index contributed by atoms with van der Waals surface area (Å²) in [4.78, 5) is 16.3. The monoisotopic (exact) mass is 355 g/mol. The molecule has 1 aromatic heterocycles. The van der Waals surface area contributed by atoms with Crippen LogP contribution in [0.2, 0.25) is 5.15 Å². The number of nitrogens with zero attached hydrogens (tertiary/aromatic N) is 3. The molecule has 1 heterocycles. The van der Waals surface area contributed by atoms with Gasteiger partial charge in [0, 0.05) is 18.1 Å². The SMILES string of the molecule is CN(Cc1ccc(Br)cc1)c1cc([N+](=O)[O-])cc(Cl)n1. The minimum Gasteiger partial charge on any atom is -0.355 e. The van der Waals surface area contributed by atoms with Gasteiger partial charge in [0.2, 0.25) is 0 Å². The summed E-state index contributed by atoms with van der Waals surface area (Å²) in [7, 11) is 1.81. The van der Waals surface area contributed by atoms with Crippen molar-refractivity contribution in [3.05, 3.63) is 61.7 Å². The predicted molar refractivity (Wildman–Crippen MR) is 82.2 cm³/mol. The summed E-state index contributed by atoms with van der Waals surface area (Å²) in [6.45, 7) is 0.581. The second-order valence-electron chi connectivity index (χ2n) is 4.25. The molecule has 5 nitrogen and oxygen atoms in total. The molecule has 0 amide bonds. The van der Waals surface area contributed by atoms with Gasteiger partial charge in [0.25, 0.3) is 5.69 Å². The van der Waals surface area contributed by atoms with Crippen LogP contribution in [0.3, 0.4) is 0 Å². The van der Waals surface area contributed by atoms with Gasteiger partial charge in [-0.25, -0.2) is 4.98 Å². The number of aromatic nitrogens is 1. The van der Waals surface area contributed by atoms with Crippen LogP contribution < -0.4 is 4.90 Å². The van der Waals surface area contributed by atoms with Crippen LogP contribution in [-0.4, -0.2) is 17.0 Å². The van der Waals surface area contributed by atoms with Gasteiger partial charge in [0.05, 0.1) is 17.1 Å². The molecule has 2 rings (SSSR count). The van der Waals surface area contributed by atoms with Crippen LogP contribution in [0.5, 0.6) is 0 Å². The topological polar surface area (TPSA) is 59.3 Å². The van der Waals surface area contributed by atoms with Crippen LogP contribution in [0.4, 0.5) is 11.5 Å². The average Bonchev–Trinajstić information content (AvgIpc) is 2.40. The normalized spacial score (nSPS) is 10.3. The summed E-state index contributed by atoms with van der Waals surface area (Å²) in [6, 6.07) is 10.5. The highest BCUT2D eigenvalue weighted by Crippen LogP contribution is 2.23. The Morgan fingerprint density at radius 1 is 1.35 bits per heavy atom. The molecular formula is C13H11BrClN3O2. The average molecular weight is 357 g/mol. The lowest BCUT2D eigenvalue weighted by Gasteiger charge is -2.18. The van der Waals surface area contributed by atoms with Crippen molar-refractivity contribution in [1.82, 2.24) is 4.98 Å². The van der Waals surface area contributed by atoms with E-state index in [-0.39, 0.29) is 10.8 Å². The van der Waals surface area contributed by atoms with Crippen LogP contribution in [0.25, 0.3) is 0 Å². The third-order valence-corrected chi connectivity index (χ3v) is 3.42. The Bertz CT molecular complexity index is 634. The lowest BCUT2D eigenvalue weighted by molar-refractivity contribution is -0.384. The molecule has 1 aromatic carbocycles. The van der Waals surface area contributed by atoms with E-state index in [1.165, 1.54) is 12.1 Å². The standard InChI is InChI=1S/C13H11BrClN3O2/c1-17(8-9-2-4-10(14)5-3-9)13-7-11(18(19)20)6-12(15)16-13/h2-7H,8H2,1H3. The zero-order chi connectivity index (χ0) is 14.7. The number of hydrogen-bond donors (Lipinski definition) is 0. The molecule has 0 saturated heterocycles. The van der Waals surface area contributed by atoms with E-state index in [0.717, 1.165) is 10.0 Å². The van der Waals surface area contributed by atoms with E-state index in [1.54, 1.807) is 0 Å². The van der Waals surface area contributed by atoms with Gasteiger partial charge in [0.15, 0.2) is 0 Å². The summed E-state index contributed by atoms with van der Waals surface area (Å²) >= 11 is 9.19. The summed E-state index contributed by atoms with van der Waals surface area (Å²) < 4.78 is 1.00. The summed E-state index contributed by atoms with van der Waals surface area (Å²) in [5, 5.41) is 10.9. The molecular weight excluding hydrogens is 346 g/mol. The molecule has 0 N–H and O–H groups in total. The van der Waals surface area contributed by atoms with Gasteiger partial charge in [-0.2, -0.15) is 0 Å². The lowest BCUT2D eigenvalue weighted by Crippen LogP contribution is -2.17. The fraction of sp³-hybridized carbons (Fsp3) is 0.154.